The first-order chi connectivity index (χ1) is 12.0. The Morgan fingerprint density at radius 2 is 2.08 bits per heavy atom. The topological polar surface area (TPSA) is 88.8 Å². The molecule has 7 nitrogen and oxygen atoms in total. The van der Waals surface area contributed by atoms with E-state index < -0.39 is 18.5 Å². The Hall–Kier alpha value is -2.87. The summed E-state index contributed by atoms with van der Waals surface area (Å²) in [6.45, 7) is -0.587. The van der Waals surface area contributed by atoms with Gasteiger partial charge in [0, 0.05) is 6.08 Å². The normalized spacial score (nSPS) is 13.5. The number of carbonyl (C=O) groups excluding carboxylic acids is 3. The van der Waals surface area contributed by atoms with Gasteiger partial charge in [0.15, 0.2) is 11.3 Å². The van der Waals surface area contributed by atoms with Gasteiger partial charge in [0.2, 0.25) is 5.91 Å². The molecule has 0 spiro atoms. The number of anilines is 2. The van der Waals surface area contributed by atoms with Crippen LogP contribution < -0.4 is 10.2 Å². The lowest BCUT2D eigenvalue weighted by molar-refractivity contribution is -0.143. The first-order valence-corrected chi connectivity index (χ1v) is 8.11. The second-order valence-electron chi connectivity index (χ2n) is 5.13. The number of halogens is 1. The van der Waals surface area contributed by atoms with Crippen LogP contribution in [0.1, 0.15) is 5.76 Å². The lowest BCUT2D eigenvalue weighted by Crippen LogP contribution is -2.43. The number of rotatable bonds is 4. The highest BCUT2D eigenvalue weighted by Crippen LogP contribution is 2.28. The summed E-state index contributed by atoms with van der Waals surface area (Å²) in [4.78, 5) is 37.0. The lowest BCUT2D eigenvalue weighted by Gasteiger charge is -2.28. The number of esters is 1. The number of furan rings is 1. The number of fused-ring (bicyclic) bond motifs is 1. The van der Waals surface area contributed by atoms with Crippen LogP contribution in [0, 0.1) is 0 Å². The molecule has 1 aromatic carbocycles. The first-order valence-electron chi connectivity index (χ1n) is 7.32. The standard InChI is InChI=1S/C17H13BrN2O5/c18-14-7-5-11(25-14)6-8-17(23)24-10-16(22)20-9-15(21)19-12-3-1-2-4-13(12)20/h1-8H,9-10H2,(H,19,21). The zero-order valence-electron chi connectivity index (χ0n) is 12.9. The summed E-state index contributed by atoms with van der Waals surface area (Å²) >= 11 is 3.15. The predicted molar refractivity (Wildman–Crippen MR) is 93.8 cm³/mol. The molecule has 2 aromatic rings. The third-order valence-electron chi connectivity index (χ3n) is 3.39. The van der Waals surface area contributed by atoms with E-state index >= 15 is 0 Å². The van der Waals surface area contributed by atoms with E-state index in [1.807, 2.05) is 0 Å². The van der Waals surface area contributed by atoms with Crippen molar-refractivity contribution in [3.63, 3.8) is 0 Å². The molecular weight excluding hydrogens is 392 g/mol. The summed E-state index contributed by atoms with van der Waals surface area (Å²) in [5.74, 6) is -1.00. The number of ether oxygens (including phenoxy) is 1. The van der Waals surface area contributed by atoms with Crippen molar-refractivity contribution in [3.05, 3.63) is 52.9 Å². The number of hydrogen-bond acceptors (Lipinski definition) is 5. The molecule has 0 saturated carbocycles. The minimum atomic E-state index is -0.685. The fourth-order valence-corrected chi connectivity index (χ4v) is 2.60. The van der Waals surface area contributed by atoms with Gasteiger partial charge in [-0.15, -0.1) is 0 Å². The molecule has 128 valence electrons. The highest BCUT2D eigenvalue weighted by Gasteiger charge is 2.26. The second-order valence-corrected chi connectivity index (χ2v) is 5.91. The monoisotopic (exact) mass is 404 g/mol. The summed E-state index contributed by atoms with van der Waals surface area (Å²) in [7, 11) is 0. The number of para-hydroxylation sites is 2. The number of nitrogens with zero attached hydrogens (tertiary/aromatic N) is 1. The van der Waals surface area contributed by atoms with Crippen LogP contribution >= 0.6 is 15.9 Å². The minimum Gasteiger partial charge on any atom is -0.452 e. The van der Waals surface area contributed by atoms with Crippen molar-refractivity contribution < 1.29 is 23.5 Å². The number of benzene rings is 1. The Morgan fingerprint density at radius 3 is 2.84 bits per heavy atom. The molecule has 0 aliphatic carbocycles. The number of amides is 2. The molecule has 0 atom stereocenters. The molecule has 3 rings (SSSR count). The Labute approximate surface area is 151 Å². The SMILES string of the molecule is O=C1CN(C(=O)COC(=O)C=Cc2ccc(Br)o2)c2ccccc2N1. The maximum absolute atomic E-state index is 12.3. The summed E-state index contributed by atoms with van der Waals surface area (Å²) in [6.07, 6.45) is 2.59. The molecule has 0 bridgehead atoms. The predicted octanol–water partition coefficient (Wildman–Crippen LogP) is 2.58. The molecule has 25 heavy (non-hydrogen) atoms. The molecule has 1 aromatic heterocycles. The van der Waals surface area contributed by atoms with Crippen LogP contribution in [0.4, 0.5) is 11.4 Å². The summed E-state index contributed by atoms with van der Waals surface area (Å²) in [6, 6.07) is 10.3. The summed E-state index contributed by atoms with van der Waals surface area (Å²) in [5.41, 5.74) is 1.11. The third kappa shape index (κ3) is 4.16. The summed E-state index contributed by atoms with van der Waals surface area (Å²) < 4.78 is 10.7. The van der Waals surface area contributed by atoms with Crippen LogP contribution in [0.2, 0.25) is 0 Å². The molecule has 0 saturated heterocycles. The molecular formula is C17H13BrN2O5. The molecule has 2 heterocycles. The lowest BCUT2D eigenvalue weighted by atomic mass is 10.2. The van der Waals surface area contributed by atoms with Crippen molar-refractivity contribution in [1.82, 2.24) is 0 Å². The molecule has 1 aliphatic rings. The zero-order chi connectivity index (χ0) is 17.8. The Morgan fingerprint density at radius 1 is 1.28 bits per heavy atom. The fraction of sp³-hybridized carbons (Fsp3) is 0.118. The number of hydrogen-bond donors (Lipinski definition) is 1. The average molecular weight is 405 g/mol. The third-order valence-corrected chi connectivity index (χ3v) is 3.81. The van der Waals surface area contributed by atoms with Crippen LogP contribution in [-0.2, 0) is 19.1 Å². The van der Waals surface area contributed by atoms with E-state index in [4.69, 9.17) is 9.15 Å². The molecule has 8 heteroatoms. The van der Waals surface area contributed by atoms with E-state index in [1.54, 1.807) is 36.4 Å². The van der Waals surface area contributed by atoms with E-state index in [0.717, 1.165) is 6.08 Å². The van der Waals surface area contributed by atoms with Crippen molar-refractivity contribution in [2.45, 2.75) is 0 Å². The van der Waals surface area contributed by atoms with Crippen molar-refractivity contribution in [2.75, 3.05) is 23.4 Å². The Kier molecular flexibility index (Phi) is 4.99. The molecule has 2 amide bonds. The second kappa shape index (κ2) is 7.35. The van der Waals surface area contributed by atoms with E-state index in [1.165, 1.54) is 11.0 Å². The van der Waals surface area contributed by atoms with Crippen LogP contribution in [0.25, 0.3) is 6.08 Å². The van der Waals surface area contributed by atoms with Gasteiger partial charge < -0.3 is 14.5 Å². The van der Waals surface area contributed by atoms with Gasteiger partial charge in [-0.2, -0.15) is 0 Å². The number of nitrogens with one attached hydrogen (secondary N) is 1. The first kappa shape index (κ1) is 17.0. The van der Waals surface area contributed by atoms with Crippen LogP contribution in [-0.4, -0.2) is 30.9 Å². The highest BCUT2D eigenvalue weighted by atomic mass is 79.9. The Bertz CT molecular complexity index is 858. The molecule has 0 fully saturated rings. The van der Waals surface area contributed by atoms with E-state index in [0.29, 0.717) is 21.8 Å². The van der Waals surface area contributed by atoms with Gasteiger partial charge in [0.1, 0.15) is 12.3 Å². The molecule has 1 N–H and O–H groups in total. The van der Waals surface area contributed by atoms with Crippen molar-refractivity contribution >= 4 is 51.2 Å². The largest absolute Gasteiger partial charge is 0.452 e. The van der Waals surface area contributed by atoms with Gasteiger partial charge >= 0.3 is 5.97 Å². The zero-order valence-corrected chi connectivity index (χ0v) is 14.5. The van der Waals surface area contributed by atoms with Crippen molar-refractivity contribution in [2.24, 2.45) is 0 Å². The molecule has 0 unspecified atom stereocenters. The van der Waals surface area contributed by atoms with Crippen LogP contribution in [0.5, 0.6) is 0 Å². The fourth-order valence-electron chi connectivity index (χ4n) is 2.28. The van der Waals surface area contributed by atoms with Crippen LogP contribution in [0.15, 0.2) is 51.6 Å². The maximum Gasteiger partial charge on any atom is 0.331 e. The van der Waals surface area contributed by atoms with Gasteiger partial charge in [0.05, 0.1) is 11.4 Å². The van der Waals surface area contributed by atoms with Gasteiger partial charge in [-0.1, -0.05) is 12.1 Å². The minimum absolute atomic E-state index is 0.121. The van der Waals surface area contributed by atoms with Gasteiger partial charge in [-0.25, -0.2) is 4.79 Å². The van der Waals surface area contributed by atoms with Gasteiger partial charge in [-0.05, 0) is 46.3 Å². The van der Waals surface area contributed by atoms with E-state index in [-0.39, 0.29) is 12.5 Å². The Balaban J connectivity index is 1.60. The van der Waals surface area contributed by atoms with E-state index in [2.05, 4.69) is 21.2 Å². The van der Waals surface area contributed by atoms with Gasteiger partial charge in [0.25, 0.3) is 5.91 Å². The number of carbonyl (C=O) groups is 3. The highest BCUT2D eigenvalue weighted by molar-refractivity contribution is 9.10. The maximum atomic E-state index is 12.3. The molecule has 0 radical (unpaired) electrons. The van der Waals surface area contributed by atoms with Crippen LogP contribution in [0.3, 0.4) is 0 Å². The summed E-state index contributed by atoms with van der Waals surface area (Å²) in [5, 5.41) is 2.68. The van der Waals surface area contributed by atoms with Gasteiger partial charge in [-0.3, -0.25) is 14.5 Å². The average Bonchev–Trinajstić information content (AvgIpc) is 3.02. The molecule has 1 aliphatic heterocycles. The smallest absolute Gasteiger partial charge is 0.331 e. The van der Waals surface area contributed by atoms with E-state index in [9.17, 15) is 14.4 Å². The quantitative estimate of drug-likeness (QED) is 0.624. The van der Waals surface area contributed by atoms with Crippen molar-refractivity contribution in [3.8, 4) is 0 Å². The van der Waals surface area contributed by atoms with Crippen molar-refractivity contribution in [1.29, 1.82) is 0 Å².